The van der Waals surface area contributed by atoms with Crippen LogP contribution in [0.4, 0.5) is 0 Å². The van der Waals surface area contributed by atoms with E-state index in [1.165, 1.54) is 11.3 Å². The molecule has 98 valence electrons. The van der Waals surface area contributed by atoms with Crippen molar-refractivity contribution in [1.29, 1.82) is 0 Å². The van der Waals surface area contributed by atoms with E-state index < -0.39 is 0 Å². The van der Waals surface area contributed by atoms with Crippen molar-refractivity contribution in [2.45, 2.75) is 56.8 Å². The van der Waals surface area contributed by atoms with Crippen LogP contribution in [-0.4, -0.2) is 9.49 Å². The summed E-state index contributed by atoms with van der Waals surface area (Å²) in [6.45, 7) is 14.2. The molecule has 0 aliphatic rings. The van der Waals surface area contributed by atoms with Crippen molar-refractivity contribution in [2.75, 3.05) is 0 Å². The second-order valence-corrected chi connectivity index (χ2v) is 9.77. The van der Waals surface area contributed by atoms with Crippen LogP contribution in [0.1, 0.15) is 47.1 Å². The van der Waals surface area contributed by atoms with E-state index >= 15 is 0 Å². The van der Waals surface area contributed by atoms with Gasteiger partial charge in [-0.1, -0.05) is 30.3 Å². The van der Waals surface area contributed by atoms with E-state index in [-0.39, 0.29) is 17.0 Å². The van der Waals surface area contributed by atoms with Gasteiger partial charge in [-0.2, -0.15) is 0 Å². The minimum Gasteiger partial charge on any atom is -1.00 e. The normalized spacial score (nSPS) is 12.4. The number of hydrogen-bond donors (Lipinski definition) is 0. The largest absolute Gasteiger partial charge is 1.00 e. The molecule has 0 aliphatic carbocycles. The second-order valence-electron chi connectivity index (χ2n) is 6.25. The molecule has 0 fully saturated rings. The van der Waals surface area contributed by atoms with Crippen LogP contribution in [0.3, 0.4) is 0 Å². The summed E-state index contributed by atoms with van der Waals surface area (Å²) in [5.41, 5.74) is 1.47. The quantitative estimate of drug-likeness (QED) is 0.724. The first-order valence-electron chi connectivity index (χ1n) is 5.96. The van der Waals surface area contributed by atoms with Gasteiger partial charge in [0, 0.05) is 16.5 Å². The highest BCUT2D eigenvalue weighted by Gasteiger charge is 2.44. The molecule has 0 unspecified atom stereocenters. The summed E-state index contributed by atoms with van der Waals surface area (Å²) in [7, 11) is 0.390. The molecule has 0 spiro atoms. The predicted molar refractivity (Wildman–Crippen MR) is 77.0 cm³/mol. The molecule has 0 saturated heterocycles. The van der Waals surface area contributed by atoms with Crippen LogP contribution >= 0.6 is 0 Å². The zero-order valence-electron chi connectivity index (χ0n) is 11.9. The maximum atomic E-state index is 2.37. The van der Waals surface area contributed by atoms with Gasteiger partial charge in [0.2, 0.25) is 0 Å². The van der Waals surface area contributed by atoms with E-state index in [0.717, 1.165) is 0 Å². The van der Waals surface area contributed by atoms with Crippen molar-refractivity contribution in [2.24, 2.45) is 0 Å². The summed E-state index contributed by atoms with van der Waals surface area (Å²) in [5, 5.41) is 0. The zero-order valence-corrected chi connectivity index (χ0v) is 14.3. The summed E-state index contributed by atoms with van der Waals surface area (Å²) in [5.74, 6) is 1.20. The van der Waals surface area contributed by atoms with Crippen LogP contribution in [0, 0.1) is 0 Å². The van der Waals surface area contributed by atoms with Crippen LogP contribution in [-0.2, 0) is 16.6 Å². The van der Waals surface area contributed by atoms with Gasteiger partial charge in [0.05, 0.1) is 0 Å². The van der Waals surface area contributed by atoms with E-state index in [1.54, 1.807) is 0 Å². The van der Waals surface area contributed by atoms with Crippen molar-refractivity contribution in [3.8, 4) is 0 Å². The Labute approximate surface area is 120 Å². The Kier molecular flexibility index (Phi) is 6.30. The highest BCUT2D eigenvalue weighted by atomic mass is 79.9. The molecule has 0 amide bonds. The average molecular weight is 317 g/mol. The van der Waals surface area contributed by atoms with Gasteiger partial charge < -0.3 is 17.0 Å². The third-order valence-electron chi connectivity index (χ3n) is 2.63. The van der Waals surface area contributed by atoms with E-state index in [4.69, 9.17) is 0 Å². The maximum Gasteiger partial charge on any atom is 0.134 e. The highest BCUT2D eigenvalue weighted by Crippen LogP contribution is 2.33. The second kappa shape index (κ2) is 6.29. The molecule has 0 aromatic heterocycles. The minimum absolute atomic E-state index is 0. The minimum atomic E-state index is 0. The Bertz CT molecular complexity index is 305. The van der Waals surface area contributed by atoms with Gasteiger partial charge in [-0.05, 0) is 41.5 Å². The van der Waals surface area contributed by atoms with E-state index in [2.05, 4.69) is 71.9 Å². The third kappa shape index (κ3) is 5.48. The van der Waals surface area contributed by atoms with Crippen LogP contribution < -0.4 is 17.0 Å². The fourth-order valence-electron chi connectivity index (χ4n) is 2.09. The smallest absolute Gasteiger partial charge is 0.134 e. The number of rotatable bonds is 2. The van der Waals surface area contributed by atoms with Crippen molar-refractivity contribution in [3.05, 3.63) is 35.9 Å². The number of halogens is 1. The molecule has 0 nitrogen and oxygen atoms in total. The van der Waals surface area contributed by atoms with Gasteiger partial charge >= 0.3 is 0 Å². The molecule has 1 rings (SSSR count). The Morgan fingerprint density at radius 3 is 1.59 bits per heavy atom. The monoisotopic (exact) mass is 316 g/mol. The summed E-state index contributed by atoms with van der Waals surface area (Å²) >= 11 is 0. The molecule has 1 aromatic rings. The fourth-order valence-corrected chi connectivity index (χ4v) is 5.32. The Morgan fingerprint density at radius 1 is 0.824 bits per heavy atom. The van der Waals surface area contributed by atoms with Gasteiger partial charge in [0.25, 0.3) is 0 Å². The summed E-state index contributed by atoms with van der Waals surface area (Å²) in [4.78, 5) is 0. The molecule has 1 aromatic carbocycles. The summed E-state index contributed by atoms with van der Waals surface area (Å²) in [6, 6.07) is 10.9. The molecule has 0 heterocycles. The van der Waals surface area contributed by atoms with Crippen LogP contribution in [0.5, 0.6) is 0 Å². The zero-order chi connectivity index (χ0) is 12.4. The molecular weight excluding hydrogens is 292 g/mol. The molecule has 2 heteroatoms. The van der Waals surface area contributed by atoms with Crippen molar-refractivity contribution < 1.29 is 17.0 Å². The van der Waals surface area contributed by atoms with Crippen molar-refractivity contribution in [1.82, 2.24) is 0 Å². The van der Waals surface area contributed by atoms with Crippen molar-refractivity contribution >= 4 is 10.9 Å². The van der Waals surface area contributed by atoms with Crippen molar-refractivity contribution in [3.63, 3.8) is 0 Å². The molecule has 0 atom stereocenters. The summed E-state index contributed by atoms with van der Waals surface area (Å²) in [6.07, 6.45) is 0. The molecule has 0 radical (unpaired) electrons. The van der Waals surface area contributed by atoms with Gasteiger partial charge in [-0.3, -0.25) is 0 Å². The maximum absolute atomic E-state index is 2.37. The van der Waals surface area contributed by atoms with Crippen LogP contribution in [0.2, 0.25) is 0 Å². The first kappa shape index (κ1) is 17.1. The van der Waals surface area contributed by atoms with Crippen LogP contribution in [0.15, 0.2) is 30.3 Å². The topological polar surface area (TPSA) is 0 Å². The van der Waals surface area contributed by atoms with Crippen LogP contribution in [0.25, 0.3) is 0 Å². The molecule has 0 N–H and O–H groups in total. The first-order valence-corrected chi connectivity index (χ1v) is 7.36. The third-order valence-corrected chi connectivity index (χ3v) is 6.21. The Hall–Kier alpha value is 0.0500. The lowest BCUT2D eigenvalue weighted by atomic mass is 10.2. The fraction of sp³-hybridized carbons (Fsp3) is 0.600. The van der Waals surface area contributed by atoms with Gasteiger partial charge in [-0.15, -0.1) is 0 Å². The number of hydrogen-bond acceptors (Lipinski definition) is 0. The Balaban J connectivity index is 0.00000256. The van der Waals surface area contributed by atoms with Gasteiger partial charge in [0.15, 0.2) is 0 Å². The lowest BCUT2D eigenvalue weighted by molar-refractivity contribution is -0.00000407. The van der Waals surface area contributed by atoms with Gasteiger partial charge in [-0.25, -0.2) is 0 Å². The van der Waals surface area contributed by atoms with E-state index in [1.807, 2.05) is 0 Å². The van der Waals surface area contributed by atoms with Gasteiger partial charge in [0.1, 0.15) is 15.2 Å². The predicted octanol–water partition coefficient (Wildman–Crippen LogP) is 1.41. The lowest BCUT2D eigenvalue weighted by Crippen LogP contribution is -3.00. The molecular formula is C15H25BrS. The number of benzene rings is 1. The Morgan fingerprint density at radius 2 is 1.24 bits per heavy atom. The molecule has 0 saturated carbocycles. The van der Waals surface area contributed by atoms with E-state index in [0.29, 0.717) is 20.4 Å². The van der Waals surface area contributed by atoms with E-state index in [9.17, 15) is 0 Å². The molecule has 0 aliphatic heterocycles. The summed E-state index contributed by atoms with van der Waals surface area (Å²) < 4.78 is 0.766. The highest BCUT2D eigenvalue weighted by molar-refractivity contribution is 7.98. The first-order chi connectivity index (χ1) is 7.21. The standard InChI is InChI=1S/C15H25S.BrH/c1-14(2,3)16(15(4,5)6)12-13-10-8-7-9-11-13;/h7-11H,12H2,1-6H3;1H/q+1;/p-1. The average Bonchev–Trinajstić information content (AvgIpc) is 2.12. The molecule has 17 heavy (non-hydrogen) atoms. The lowest BCUT2D eigenvalue weighted by Gasteiger charge is -2.31. The SMILES string of the molecule is CC(C)(C)[S+](Cc1ccccc1)C(C)(C)C.[Br-]. The molecule has 0 bridgehead atoms.